The predicted octanol–water partition coefficient (Wildman–Crippen LogP) is 12.3. The van der Waals surface area contributed by atoms with Gasteiger partial charge in [-0.05, 0) is 72.9 Å². The Kier molecular flexibility index (Phi) is 6.49. The molecule has 8 aromatic carbocycles. The SMILES string of the molecule is c1cnc2c(-c3ccc(-c4cc(-c5cc6ccccc6c6ccccc56)nc(-c5cc6ccccc6c6ccccc56)n4)cc3)cccc2c1. The first-order valence-corrected chi connectivity index (χ1v) is 16.9. The first-order valence-electron chi connectivity index (χ1n) is 16.9. The van der Waals surface area contributed by atoms with Gasteiger partial charge < -0.3 is 0 Å². The van der Waals surface area contributed by atoms with Crippen LogP contribution < -0.4 is 0 Å². The summed E-state index contributed by atoms with van der Waals surface area (Å²) in [7, 11) is 0. The summed E-state index contributed by atoms with van der Waals surface area (Å²) < 4.78 is 0. The van der Waals surface area contributed by atoms with Crippen LogP contribution >= 0.6 is 0 Å². The second-order valence-electron chi connectivity index (χ2n) is 12.8. The van der Waals surface area contributed by atoms with E-state index in [1.54, 1.807) is 0 Å². The first-order chi connectivity index (χ1) is 24.8. The van der Waals surface area contributed by atoms with Crippen molar-refractivity contribution >= 4 is 54.0 Å². The second-order valence-corrected chi connectivity index (χ2v) is 12.8. The van der Waals surface area contributed by atoms with Crippen molar-refractivity contribution < 1.29 is 0 Å². The van der Waals surface area contributed by atoms with Gasteiger partial charge in [-0.25, -0.2) is 9.97 Å². The lowest BCUT2D eigenvalue weighted by Gasteiger charge is -2.15. The van der Waals surface area contributed by atoms with Gasteiger partial charge in [-0.15, -0.1) is 0 Å². The van der Waals surface area contributed by atoms with Crippen molar-refractivity contribution in [3.05, 3.63) is 176 Å². The average molecular weight is 636 g/mol. The van der Waals surface area contributed by atoms with Crippen LogP contribution in [0.1, 0.15) is 0 Å². The molecule has 0 fully saturated rings. The number of hydrogen-bond donors (Lipinski definition) is 0. The molecular formula is C47H29N3. The largest absolute Gasteiger partial charge is 0.256 e. The molecule has 0 spiro atoms. The number of benzene rings is 8. The van der Waals surface area contributed by atoms with E-state index in [4.69, 9.17) is 15.0 Å². The molecule has 0 radical (unpaired) electrons. The Balaban J connectivity index is 1.22. The minimum atomic E-state index is 0.707. The minimum absolute atomic E-state index is 0.707. The van der Waals surface area contributed by atoms with Gasteiger partial charge in [0.25, 0.3) is 0 Å². The van der Waals surface area contributed by atoms with E-state index in [2.05, 4.69) is 164 Å². The highest BCUT2D eigenvalue weighted by molar-refractivity contribution is 6.15. The monoisotopic (exact) mass is 635 g/mol. The van der Waals surface area contributed by atoms with Crippen LogP contribution in [0.15, 0.2) is 176 Å². The Morgan fingerprint density at radius 1 is 0.320 bits per heavy atom. The molecule has 0 amide bonds. The molecule has 0 aliphatic rings. The summed E-state index contributed by atoms with van der Waals surface area (Å²) in [5.74, 6) is 0.707. The van der Waals surface area contributed by atoms with Crippen LogP contribution in [0.25, 0.3) is 99.0 Å². The van der Waals surface area contributed by atoms with Gasteiger partial charge in [-0.3, -0.25) is 4.98 Å². The van der Waals surface area contributed by atoms with Gasteiger partial charge in [-0.1, -0.05) is 146 Å². The zero-order chi connectivity index (χ0) is 33.0. The number of pyridine rings is 1. The smallest absolute Gasteiger partial charge is 0.161 e. The summed E-state index contributed by atoms with van der Waals surface area (Å²) in [5, 5.41) is 10.7. The summed E-state index contributed by atoms with van der Waals surface area (Å²) in [6.45, 7) is 0. The van der Waals surface area contributed by atoms with Crippen molar-refractivity contribution in [2.75, 3.05) is 0 Å². The van der Waals surface area contributed by atoms with E-state index < -0.39 is 0 Å². The highest BCUT2D eigenvalue weighted by Crippen LogP contribution is 2.39. The molecule has 2 aromatic heterocycles. The van der Waals surface area contributed by atoms with Crippen LogP contribution in [0.3, 0.4) is 0 Å². The summed E-state index contributed by atoms with van der Waals surface area (Å²) in [6, 6.07) is 60.2. The van der Waals surface area contributed by atoms with Crippen molar-refractivity contribution in [2.45, 2.75) is 0 Å². The molecule has 0 atom stereocenters. The van der Waals surface area contributed by atoms with E-state index in [9.17, 15) is 0 Å². The minimum Gasteiger partial charge on any atom is -0.256 e. The first kappa shape index (κ1) is 28.3. The summed E-state index contributed by atoms with van der Waals surface area (Å²) >= 11 is 0. The van der Waals surface area contributed by atoms with Crippen molar-refractivity contribution in [1.82, 2.24) is 15.0 Å². The molecule has 0 aliphatic carbocycles. The molecule has 3 nitrogen and oxygen atoms in total. The lowest BCUT2D eigenvalue weighted by molar-refractivity contribution is 1.19. The molecule has 50 heavy (non-hydrogen) atoms. The van der Waals surface area contributed by atoms with Gasteiger partial charge in [0, 0.05) is 33.8 Å². The standard InChI is InChI=1S/C47H29N3/c1-3-15-35-33(11-1)27-42(40-19-7-5-17-38(35)40)45-29-44(31-24-22-30(23-25-31)37-21-9-13-32-14-10-26-48-46(32)37)49-47(50-45)43-28-34-12-2-4-16-36(34)39-18-6-8-20-41(39)43/h1-29H. The van der Waals surface area contributed by atoms with Gasteiger partial charge in [0.1, 0.15) is 0 Å². The van der Waals surface area contributed by atoms with Crippen LogP contribution in [0.5, 0.6) is 0 Å². The third kappa shape index (κ3) is 4.63. The Morgan fingerprint density at radius 2 is 0.840 bits per heavy atom. The highest BCUT2D eigenvalue weighted by Gasteiger charge is 2.17. The zero-order valence-electron chi connectivity index (χ0n) is 27.1. The quantitative estimate of drug-likeness (QED) is 0.181. The molecule has 10 rings (SSSR count). The molecule has 3 heteroatoms. The average Bonchev–Trinajstić information content (AvgIpc) is 3.20. The number of aromatic nitrogens is 3. The zero-order valence-corrected chi connectivity index (χ0v) is 27.1. The van der Waals surface area contributed by atoms with Gasteiger partial charge in [0.15, 0.2) is 5.82 Å². The third-order valence-corrected chi connectivity index (χ3v) is 9.90. The predicted molar refractivity (Wildman–Crippen MR) is 209 cm³/mol. The maximum Gasteiger partial charge on any atom is 0.161 e. The van der Waals surface area contributed by atoms with Crippen molar-refractivity contribution in [3.8, 4) is 45.0 Å². The van der Waals surface area contributed by atoms with Crippen LogP contribution in [-0.4, -0.2) is 15.0 Å². The topological polar surface area (TPSA) is 38.7 Å². The number of rotatable bonds is 4. The normalized spacial score (nSPS) is 11.6. The molecule has 232 valence electrons. The lowest BCUT2D eigenvalue weighted by Crippen LogP contribution is -1.98. The van der Waals surface area contributed by atoms with Crippen molar-refractivity contribution in [3.63, 3.8) is 0 Å². The number of hydrogen-bond acceptors (Lipinski definition) is 3. The van der Waals surface area contributed by atoms with Crippen LogP contribution in [0, 0.1) is 0 Å². The summed E-state index contributed by atoms with van der Waals surface area (Å²) in [4.78, 5) is 15.4. The summed E-state index contributed by atoms with van der Waals surface area (Å²) in [6.07, 6.45) is 1.86. The maximum atomic E-state index is 5.39. The number of para-hydroxylation sites is 1. The van der Waals surface area contributed by atoms with Gasteiger partial charge in [0.05, 0.1) is 16.9 Å². The van der Waals surface area contributed by atoms with Gasteiger partial charge in [0.2, 0.25) is 0 Å². The molecule has 0 saturated heterocycles. The molecule has 0 N–H and O–H groups in total. The van der Waals surface area contributed by atoms with Gasteiger partial charge in [-0.2, -0.15) is 0 Å². The Bertz CT molecular complexity index is 2780. The molecule has 2 heterocycles. The maximum absolute atomic E-state index is 5.39. The van der Waals surface area contributed by atoms with Crippen LogP contribution in [0.4, 0.5) is 0 Å². The van der Waals surface area contributed by atoms with Crippen LogP contribution in [0.2, 0.25) is 0 Å². The van der Waals surface area contributed by atoms with Crippen molar-refractivity contribution in [2.24, 2.45) is 0 Å². The Hall–Kier alpha value is -6.71. The molecule has 10 aromatic rings. The van der Waals surface area contributed by atoms with E-state index in [0.717, 1.165) is 55.5 Å². The van der Waals surface area contributed by atoms with Gasteiger partial charge >= 0.3 is 0 Å². The molecule has 0 bridgehead atoms. The van der Waals surface area contributed by atoms with E-state index in [0.29, 0.717) is 5.82 Å². The van der Waals surface area contributed by atoms with E-state index >= 15 is 0 Å². The molecule has 0 saturated carbocycles. The Morgan fingerprint density at radius 3 is 1.54 bits per heavy atom. The second kappa shape index (κ2) is 11.5. The fourth-order valence-corrected chi connectivity index (χ4v) is 7.52. The lowest BCUT2D eigenvalue weighted by atomic mass is 9.94. The fourth-order valence-electron chi connectivity index (χ4n) is 7.52. The summed E-state index contributed by atoms with van der Waals surface area (Å²) in [5.41, 5.74) is 8.15. The van der Waals surface area contributed by atoms with E-state index in [1.807, 2.05) is 12.3 Å². The van der Waals surface area contributed by atoms with E-state index in [-0.39, 0.29) is 0 Å². The number of nitrogens with zero attached hydrogens (tertiary/aromatic N) is 3. The molecule has 0 unspecified atom stereocenters. The fraction of sp³-hybridized carbons (Fsp3) is 0. The molecule has 0 aliphatic heterocycles. The molecular weight excluding hydrogens is 607 g/mol. The van der Waals surface area contributed by atoms with Crippen LogP contribution in [-0.2, 0) is 0 Å². The number of fused-ring (bicyclic) bond motifs is 7. The van der Waals surface area contributed by atoms with E-state index in [1.165, 1.54) is 37.7 Å². The Labute approximate surface area is 289 Å². The third-order valence-electron chi connectivity index (χ3n) is 9.90. The van der Waals surface area contributed by atoms with Crippen molar-refractivity contribution in [1.29, 1.82) is 0 Å². The highest BCUT2D eigenvalue weighted by atomic mass is 14.9.